The summed E-state index contributed by atoms with van der Waals surface area (Å²) in [6, 6.07) is 24.3. The summed E-state index contributed by atoms with van der Waals surface area (Å²) in [5.41, 5.74) is 1.34. The number of thioether (sulfide) groups is 1. The Hall–Kier alpha value is -3.65. The number of hydrazone groups is 1. The Kier molecular flexibility index (Phi) is 5.26. The number of benzene rings is 3. The van der Waals surface area contributed by atoms with Crippen LogP contribution < -0.4 is 9.75 Å². The van der Waals surface area contributed by atoms with Crippen LogP contribution in [0.15, 0.2) is 90.0 Å². The van der Waals surface area contributed by atoms with Gasteiger partial charge in [0.05, 0.1) is 10.6 Å². The lowest BCUT2D eigenvalue weighted by atomic mass is 10.1. The van der Waals surface area contributed by atoms with Gasteiger partial charge in [0.2, 0.25) is 0 Å². The third-order valence-corrected chi connectivity index (χ3v) is 5.08. The van der Waals surface area contributed by atoms with Crippen molar-refractivity contribution in [2.45, 2.75) is 5.44 Å². The van der Waals surface area contributed by atoms with E-state index in [0.717, 1.165) is 17.3 Å². The van der Waals surface area contributed by atoms with Gasteiger partial charge in [-0.3, -0.25) is 14.9 Å². The third-order valence-electron chi connectivity index (χ3n) is 4.17. The number of amides is 1. The van der Waals surface area contributed by atoms with Crippen molar-refractivity contribution in [1.82, 2.24) is 0 Å². The van der Waals surface area contributed by atoms with E-state index in [1.54, 1.807) is 0 Å². The Morgan fingerprint density at radius 3 is 2.17 bits per heavy atom. The molecule has 29 heavy (non-hydrogen) atoms. The molecule has 1 heterocycles. The highest BCUT2D eigenvalue weighted by Crippen LogP contribution is 2.32. The molecule has 0 radical (unpaired) electrons. The van der Waals surface area contributed by atoms with Gasteiger partial charge in [0, 0.05) is 17.7 Å². The van der Waals surface area contributed by atoms with Crippen LogP contribution in [-0.2, 0) is 0 Å². The molecule has 8 heteroatoms. The quantitative estimate of drug-likeness (QED) is 0.437. The summed E-state index contributed by atoms with van der Waals surface area (Å²) in [4.78, 5) is 23.1. The van der Waals surface area contributed by atoms with E-state index in [-0.39, 0.29) is 10.9 Å². The van der Waals surface area contributed by atoms with E-state index in [9.17, 15) is 14.9 Å². The third kappa shape index (κ3) is 4.12. The van der Waals surface area contributed by atoms with Crippen molar-refractivity contribution in [3.05, 3.63) is 101 Å². The molecule has 3 aromatic carbocycles. The number of non-ortho nitro benzene ring substituents is 1. The van der Waals surface area contributed by atoms with Crippen molar-refractivity contribution in [3.63, 3.8) is 0 Å². The maximum atomic E-state index is 12.7. The summed E-state index contributed by atoms with van der Waals surface area (Å²) in [5, 5.41) is 16.5. The lowest BCUT2D eigenvalue weighted by Crippen LogP contribution is -2.38. The van der Waals surface area contributed by atoms with Crippen LogP contribution in [0.1, 0.15) is 5.56 Å². The summed E-state index contributed by atoms with van der Waals surface area (Å²) < 4.78 is 5.97. The van der Waals surface area contributed by atoms with Crippen LogP contribution in [-0.4, -0.2) is 21.3 Å². The average Bonchev–Trinajstić information content (AvgIpc) is 2.75. The van der Waals surface area contributed by atoms with Crippen LogP contribution >= 0.6 is 11.8 Å². The fraction of sp³-hybridized carbons (Fsp3) is 0.0476. The fourth-order valence-electron chi connectivity index (χ4n) is 2.78. The van der Waals surface area contributed by atoms with Gasteiger partial charge in [-0.2, -0.15) is 10.1 Å². The van der Waals surface area contributed by atoms with E-state index < -0.39 is 10.4 Å². The molecule has 1 unspecified atom stereocenters. The number of para-hydroxylation sites is 1. The Bertz CT molecular complexity index is 1060. The molecule has 0 aliphatic carbocycles. The molecule has 0 spiro atoms. The average molecular weight is 405 g/mol. The number of nitro benzene ring substituents is 1. The highest BCUT2D eigenvalue weighted by Gasteiger charge is 2.33. The molecule has 0 bridgehead atoms. The van der Waals surface area contributed by atoms with Gasteiger partial charge in [0.1, 0.15) is 11.5 Å². The topological polar surface area (TPSA) is 85.0 Å². The van der Waals surface area contributed by atoms with Crippen LogP contribution in [0.2, 0.25) is 0 Å². The van der Waals surface area contributed by atoms with E-state index >= 15 is 0 Å². The van der Waals surface area contributed by atoms with Crippen molar-refractivity contribution in [2.24, 2.45) is 5.10 Å². The van der Waals surface area contributed by atoms with Gasteiger partial charge in [0.25, 0.3) is 5.69 Å². The molecule has 1 amide bonds. The second-order valence-corrected chi connectivity index (χ2v) is 7.10. The number of ether oxygens (including phenoxy) is 1. The second kappa shape index (κ2) is 8.15. The highest BCUT2D eigenvalue weighted by molar-refractivity contribution is 8.15. The fourth-order valence-corrected chi connectivity index (χ4v) is 3.66. The van der Waals surface area contributed by atoms with Crippen LogP contribution in [0.5, 0.6) is 5.75 Å². The first-order valence-corrected chi connectivity index (χ1v) is 9.60. The lowest BCUT2D eigenvalue weighted by molar-refractivity contribution is -0.384. The van der Waals surface area contributed by atoms with Crippen molar-refractivity contribution < 1.29 is 14.5 Å². The van der Waals surface area contributed by atoms with E-state index in [2.05, 4.69) is 5.10 Å². The van der Waals surface area contributed by atoms with Gasteiger partial charge in [-0.05, 0) is 36.0 Å². The minimum atomic E-state index is -0.689. The normalized spacial score (nSPS) is 16.3. The standard InChI is InChI=1S/C21H15N3O4S/c25-21-23(16-9-5-2-6-10-16)22-19(15-7-3-1-4-8-15)20(29-21)28-18-13-11-17(12-14-18)24(26)27/h1-14,20H. The van der Waals surface area contributed by atoms with Crippen molar-refractivity contribution in [1.29, 1.82) is 0 Å². The molecule has 7 nitrogen and oxygen atoms in total. The largest absolute Gasteiger partial charge is 0.473 e. The molecule has 0 saturated heterocycles. The van der Waals surface area contributed by atoms with Crippen LogP contribution in [0.25, 0.3) is 0 Å². The summed E-state index contributed by atoms with van der Waals surface area (Å²) in [5.74, 6) is 0.415. The Morgan fingerprint density at radius 1 is 0.931 bits per heavy atom. The minimum Gasteiger partial charge on any atom is -0.473 e. The van der Waals surface area contributed by atoms with Crippen molar-refractivity contribution >= 4 is 34.1 Å². The summed E-state index contributed by atoms with van der Waals surface area (Å²) in [7, 11) is 0. The minimum absolute atomic E-state index is 0.0306. The van der Waals surface area contributed by atoms with Gasteiger partial charge in [0.15, 0.2) is 5.44 Å². The first-order chi connectivity index (χ1) is 14.1. The SMILES string of the molecule is O=C1SC(Oc2ccc([N+](=O)[O-])cc2)C(c2ccccc2)=NN1c1ccccc1. The van der Waals surface area contributed by atoms with Crippen LogP contribution in [0, 0.1) is 10.1 Å². The molecule has 0 N–H and O–H groups in total. The summed E-state index contributed by atoms with van der Waals surface area (Å²) >= 11 is 0.998. The number of nitrogens with zero attached hydrogens (tertiary/aromatic N) is 3. The number of anilines is 1. The Balaban J connectivity index is 1.69. The first kappa shape index (κ1) is 18.7. The first-order valence-electron chi connectivity index (χ1n) is 8.72. The van der Waals surface area contributed by atoms with E-state index in [4.69, 9.17) is 4.74 Å². The number of rotatable bonds is 5. The molecule has 1 atom stereocenters. The van der Waals surface area contributed by atoms with Gasteiger partial charge < -0.3 is 4.74 Å². The van der Waals surface area contributed by atoms with Crippen molar-refractivity contribution in [3.8, 4) is 5.75 Å². The molecule has 0 saturated carbocycles. The Labute approximate surface area is 170 Å². The monoisotopic (exact) mass is 405 g/mol. The summed E-state index contributed by atoms with van der Waals surface area (Å²) in [6.07, 6.45) is 0. The van der Waals surface area contributed by atoms with Crippen molar-refractivity contribution in [2.75, 3.05) is 5.01 Å². The van der Waals surface area contributed by atoms with E-state index in [0.29, 0.717) is 17.1 Å². The molecule has 1 aliphatic heterocycles. The molecule has 0 aromatic heterocycles. The number of hydrogen-bond acceptors (Lipinski definition) is 6. The maximum Gasteiger partial charge on any atom is 0.310 e. The number of nitro groups is 1. The summed E-state index contributed by atoms with van der Waals surface area (Å²) in [6.45, 7) is 0. The molecular formula is C21H15N3O4S. The molecule has 144 valence electrons. The van der Waals surface area contributed by atoms with Gasteiger partial charge in [-0.1, -0.05) is 48.5 Å². The zero-order valence-corrected chi connectivity index (χ0v) is 15.9. The van der Waals surface area contributed by atoms with E-state index in [1.807, 2.05) is 60.7 Å². The number of hydrogen-bond donors (Lipinski definition) is 0. The Morgan fingerprint density at radius 2 is 1.55 bits per heavy atom. The molecule has 3 aromatic rings. The molecule has 1 aliphatic rings. The lowest BCUT2D eigenvalue weighted by Gasteiger charge is -2.29. The number of carbonyl (C=O) groups excluding carboxylic acids is 1. The smallest absolute Gasteiger partial charge is 0.310 e. The predicted octanol–water partition coefficient (Wildman–Crippen LogP) is 5.08. The van der Waals surface area contributed by atoms with Gasteiger partial charge in [-0.25, -0.2) is 0 Å². The predicted molar refractivity (Wildman–Crippen MR) is 112 cm³/mol. The maximum absolute atomic E-state index is 12.7. The zero-order valence-electron chi connectivity index (χ0n) is 15.0. The zero-order chi connectivity index (χ0) is 20.2. The highest BCUT2D eigenvalue weighted by atomic mass is 32.2. The van der Waals surface area contributed by atoms with Gasteiger partial charge in [-0.15, -0.1) is 0 Å². The second-order valence-electron chi connectivity index (χ2n) is 6.08. The molecular weight excluding hydrogens is 390 g/mol. The molecule has 0 fully saturated rings. The van der Waals surface area contributed by atoms with Crippen LogP contribution in [0.4, 0.5) is 16.2 Å². The molecule has 4 rings (SSSR count). The van der Waals surface area contributed by atoms with E-state index in [1.165, 1.54) is 29.3 Å². The number of carbonyl (C=O) groups is 1. The van der Waals surface area contributed by atoms with Crippen LogP contribution in [0.3, 0.4) is 0 Å². The van der Waals surface area contributed by atoms with Gasteiger partial charge >= 0.3 is 5.24 Å².